The van der Waals surface area contributed by atoms with E-state index < -0.39 is 29.6 Å². The van der Waals surface area contributed by atoms with E-state index >= 15 is 0 Å². The zero-order valence-corrected chi connectivity index (χ0v) is 21.3. The Labute approximate surface area is 205 Å². The number of ether oxygens (including phenoxy) is 5. The van der Waals surface area contributed by atoms with E-state index in [0.717, 1.165) is 0 Å². The van der Waals surface area contributed by atoms with Gasteiger partial charge in [0.1, 0.15) is 11.7 Å². The van der Waals surface area contributed by atoms with Gasteiger partial charge in [0.25, 0.3) is 0 Å². The van der Waals surface area contributed by atoms with Crippen molar-refractivity contribution in [3.63, 3.8) is 0 Å². The van der Waals surface area contributed by atoms with E-state index in [4.69, 9.17) is 23.7 Å². The molecule has 9 heteroatoms. The molecule has 0 saturated carbocycles. The van der Waals surface area contributed by atoms with Crippen LogP contribution in [-0.2, 0) is 23.9 Å². The minimum Gasteiger partial charge on any atom is -0.496 e. The van der Waals surface area contributed by atoms with Gasteiger partial charge in [0.05, 0.1) is 46.5 Å². The minimum atomic E-state index is -0.986. The van der Waals surface area contributed by atoms with E-state index in [1.165, 1.54) is 28.4 Å². The van der Waals surface area contributed by atoms with Crippen LogP contribution in [0.2, 0.25) is 0 Å². The monoisotopic (exact) mass is 487 g/mol. The molecule has 0 aromatic heterocycles. The third kappa shape index (κ3) is 4.72. The lowest BCUT2D eigenvalue weighted by Crippen LogP contribution is -2.43. The molecule has 0 unspecified atom stereocenters. The van der Waals surface area contributed by atoms with Gasteiger partial charge in [-0.25, -0.2) is 4.79 Å². The number of benzene rings is 1. The van der Waals surface area contributed by atoms with Crippen molar-refractivity contribution in [3.05, 3.63) is 40.2 Å². The van der Waals surface area contributed by atoms with Crippen LogP contribution in [-0.4, -0.2) is 52.8 Å². The van der Waals surface area contributed by atoms with Crippen LogP contribution >= 0.6 is 0 Å². The lowest BCUT2D eigenvalue weighted by molar-refractivity contribution is -0.151. The summed E-state index contributed by atoms with van der Waals surface area (Å²) in [4.78, 5) is 39.7. The lowest BCUT2D eigenvalue weighted by Gasteiger charge is -2.38. The predicted octanol–water partition coefficient (Wildman–Crippen LogP) is 3.28. The van der Waals surface area contributed by atoms with Crippen molar-refractivity contribution in [2.75, 3.05) is 35.0 Å². The molecule has 1 aromatic carbocycles. The fourth-order valence-electron chi connectivity index (χ4n) is 4.81. The van der Waals surface area contributed by atoms with Gasteiger partial charge in [-0.1, -0.05) is 13.8 Å². The van der Waals surface area contributed by atoms with Gasteiger partial charge in [-0.15, -0.1) is 0 Å². The average Bonchev–Trinajstić information content (AvgIpc) is 2.85. The maximum Gasteiger partial charge on any atom is 0.336 e. The van der Waals surface area contributed by atoms with Gasteiger partial charge in [0.15, 0.2) is 17.3 Å². The molecule has 0 bridgehead atoms. The Morgan fingerprint density at radius 3 is 2.23 bits per heavy atom. The summed E-state index contributed by atoms with van der Waals surface area (Å²) in [6.45, 7) is 5.73. The van der Waals surface area contributed by atoms with E-state index in [-0.39, 0.29) is 18.1 Å². The summed E-state index contributed by atoms with van der Waals surface area (Å²) in [6, 6.07) is 3.34. The number of nitrogens with one attached hydrogen (secondary N) is 1. The van der Waals surface area contributed by atoms with E-state index in [2.05, 4.69) is 5.32 Å². The van der Waals surface area contributed by atoms with Crippen LogP contribution in [0.4, 0.5) is 0 Å². The predicted molar refractivity (Wildman–Crippen MR) is 127 cm³/mol. The number of carbonyl (C=O) groups is 3. The van der Waals surface area contributed by atoms with Crippen molar-refractivity contribution in [3.8, 4) is 17.2 Å². The summed E-state index contributed by atoms with van der Waals surface area (Å²) in [5.41, 5.74) is 2.35. The van der Waals surface area contributed by atoms with Gasteiger partial charge in [-0.2, -0.15) is 0 Å². The molecule has 2 aliphatic rings. The van der Waals surface area contributed by atoms with Gasteiger partial charge in [-0.05, 0) is 31.7 Å². The van der Waals surface area contributed by atoms with Crippen LogP contribution in [0.25, 0.3) is 0 Å². The molecule has 0 radical (unpaired) electrons. The first-order chi connectivity index (χ1) is 16.7. The van der Waals surface area contributed by atoms with Crippen LogP contribution in [0, 0.1) is 11.8 Å². The van der Waals surface area contributed by atoms with E-state index in [1.807, 2.05) is 13.8 Å². The molecule has 0 fully saturated rings. The summed E-state index contributed by atoms with van der Waals surface area (Å²) in [7, 11) is 5.76. The summed E-state index contributed by atoms with van der Waals surface area (Å²) in [5, 5.41) is 3.24. The Bertz CT molecular complexity index is 1090. The topological polar surface area (TPSA) is 109 Å². The maximum absolute atomic E-state index is 13.9. The van der Waals surface area contributed by atoms with Gasteiger partial charge in [0, 0.05) is 28.6 Å². The fraction of sp³-hybridized carbons (Fsp3) is 0.500. The number of hydrogen-bond acceptors (Lipinski definition) is 9. The number of ketones is 1. The van der Waals surface area contributed by atoms with E-state index in [1.54, 1.807) is 19.1 Å². The molecule has 0 amide bonds. The van der Waals surface area contributed by atoms with Gasteiger partial charge in [0.2, 0.25) is 0 Å². The second kappa shape index (κ2) is 10.8. The molecule has 1 N–H and O–H groups in total. The Morgan fingerprint density at radius 2 is 1.66 bits per heavy atom. The van der Waals surface area contributed by atoms with Crippen molar-refractivity contribution in [2.24, 2.45) is 11.8 Å². The molecular formula is C26H33NO8. The van der Waals surface area contributed by atoms with Crippen LogP contribution in [0.3, 0.4) is 0 Å². The average molecular weight is 488 g/mol. The number of allylic oxidation sites excluding steroid dienone is 3. The highest BCUT2D eigenvalue weighted by atomic mass is 16.5. The summed E-state index contributed by atoms with van der Waals surface area (Å²) in [5.74, 6) is -2.43. The first-order valence-corrected chi connectivity index (χ1v) is 11.5. The molecule has 1 aromatic rings. The molecule has 190 valence electrons. The van der Waals surface area contributed by atoms with Gasteiger partial charge < -0.3 is 29.0 Å². The number of hydrogen-bond donors (Lipinski definition) is 1. The minimum absolute atomic E-state index is 0.229. The number of rotatable bonds is 8. The molecule has 1 aliphatic heterocycles. The zero-order chi connectivity index (χ0) is 25.9. The number of carbonyl (C=O) groups excluding carboxylic acids is 3. The largest absolute Gasteiger partial charge is 0.496 e. The summed E-state index contributed by atoms with van der Waals surface area (Å²) < 4.78 is 27.0. The maximum atomic E-state index is 13.9. The van der Waals surface area contributed by atoms with Gasteiger partial charge >= 0.3 is 11.9 Å². The van der Waals surface area contributed by atoms with Crippen molar-refractivity contribution in [1.82, 2.24) is 5.32 Å². The normalized spacial score (nSPS) is 21.7. The first kappa shape index (κ1) is 26.1. The van der Waals surface area contributed by atoms with Crippen molar-refractivity contribution >= 4 is 17.7 Å². The molecule has 9 nitrogen and oxygen atoms in total. The van der Waals surface area contributed by atoms with Crippen molar-refractivity contribution in [1.29, 1.82) is 0 Å². The highest BCUT2D eigenvalue weighted by molar-refractivity contribution is 6.12. The fourth-order valence-corrected chi connectivity index (χ4v) is 4.81. The summed E-state index contributed by atoms with van der Waals surface area (Å²) >= 11 is 0. The molecule has 3 atom stereocenters. The van der Waals surface area contributed by atoms with Gasteiger partial charge in [-0.3, -0.25) is 9.59 Å². The molecule has 0 saturated heterocycles. The number of dihydropyridines is 1. The Hall–Kier alpha value is -3.49. The highest BCUT2D eigenvalue weighted by Gasteiger charge is 2.48. The lowest BCUT2D eigenvalue weighted by atomic mass is 9.69. The van der Waals surface area contributed by atoms with Crippen molar-refractivity contribution < 1.29 is 38.1 Å². The Balaban J connectivity index is 2.30. The van der Waals surface area contributed by atoms with Crippen LogP contribution in [0.5, 0.6) is 17.2 Å². The first-order valence-electron chi connectivity index (χ1n) is 11.5. The molecule has 0 spiro atoms. The Morgan fingerprint density at radius 1 is 1.03 bits per heavy atom. The van der Waals surface area contributed by atoms with E-state index in [9.17, 15) is 14.4 Å². The molecular weight excluding hydrogens is 454 g/mol. The summed E-state index contributed by atoms with van der Waals surface area (Å²) in [6.07, 6.45) is 1.08. The van der Waals surface area contributed by atoms with Crippen LogP contribution < -0.4 is 19.5 Å². The SMILES string of the molecule is CCCOC(=O)C1=C(C)NC2=C(C(=O)[C@@H](C(=O)OC)[C@@H](C)C2)[C@@H]1c1cc(OC)c(OC)cc1OC. The number of esters is 2. The standard InChI is InChI=1S/C26H33NO8/c1-8-9-35-26(30)21-14(3)27-16-10-13(2)20(25(29)34-7)24(28)23(16)22(21)15-11-18(32-5)19(33-6)12-17(15)31-4/h11-13,20,22,27H,8-10H2,1-7H3/t13-,20-,22+/m0/s1. The molecule has 35 heavy (non-hydrogen) atoms. The third-order valence-electron chi connectivity index (χ3n) is 6.45. The number of methoxy groups -OCH3 is 4. The molecule has 1 heterocycles. The van der Waals surface area contributed by atoms with Crippen LogP contribution in [0.15, 0.2) is 34.7 Å². The zero-order valence-electron chi connectivity index (χ0n) is 21.3. The molecule has 3 rings (SSSR count). The second-order valence-electron chi connectivity index (χ2n) is 8.62. The van der Waals surface area contributed by atoms with E-state index in [0.29, 0.717) is 52.6 Å². The van der Waals surface area contributed by atoms with Crippen molar-refractivity contribution in [2.45, 2.75) is 39.5 Å². The second-order valence-corrected chi connectivity index (χ2v) is 8.62. The number of Topliss-reactive ketones (excluding diaryl/α,β-unsaturated/α-hetero) is 1. The third-order valence-corrected chi connectivity index (χ3v) is 6.45. The smallest absolute Gasteiger partial charge is 0.336 e. The molecule has 1 aliphatic carbocycles. The quantitative estimate of drug-likeness (QED) is 0.436. The Kier molecular flexibility index (Phi) is 8.09. The van der Waals surface area contributed by atoms with Crippen LogP contribution in [0.1, 0.15) is 45.1 Å². The highest BCUT2D eigenvalue weighted by Crippen LogP contribution is 2.49.